The van der Waals surface area contributed by atoms with Crippen LogP contribution in [0.3, 0.4) is 0 Å². The molecule has 122 valence electrons. The van der Waals surface area contributed by atoms with Crippen LogP contribution in [0.4, 0.5) is 19.0 Å². The number of benzene rings is 1. The Morgan fingerprint density at radius 1 is 1.12 bits per heavy atom. The lowest BCUT2D eigenvalue weighted by Crippen LogP contribution is -2.14. The van der Waals surface area contributed by atoms with Gasteiger partial charge in [0.25, 0.3) is 5.91 Å². The van der Waals surface area contributed by atoms with E-state index in [4.69, 9.17) is 0 Å². The topological polar surface area (TPSA) is 83.6 Å². The molecule has 9 heteroatoms. The largest absolute Gasteiger partial charge is 0.416 e. The summed E-state index contributed by atoms with van der Waals surface area (Å²) in [6, 6.07) is 8.04. The Morgan fingerprint density at radius 2 is 1.96 bits per heavy atom. The second kappa shape index (κ2) is 6.11. The minimum Gasteiger partial charge on any atom is -0.307 e. The highest BCUT2D eigenvalue weighted by atomic mass is 19.4. The Labute approximate surface area is 133 Å². The van der Waals surface area contributed by atoms with Gasteiger partial charge in [-0.25, -0.2) is 9.97 Å². The highest BCUT2D eigenvalue weighted by molar-refractivity contribution is 6.04. The zero-order chi connectivity index (χ0) is 17.2. The zero-order valence-electron chi connectivity index (χ0n) is 12.0. The number of halogens is 3. The van der Waals surface area contributed by atoms with Gasteiger partial charge in [0.15, 0.2) is 5.82 Å². The quantitative estimate of drug-likeness (QED) is 0.771. The van der Waals surface area contributed by atoms with E-state index in [2.05, 4.69) is 25.5 Å². The van der Waals surface area contributed by atoms with Crippen molar-refractivity contribution in [1.29, 1.82) is 0 Å². The van der Waals surface area contributed by atoms with Gasteiger partial charge in [-0.15, -0.1) is 0 Å². The number of aromatic amines is 1. The van der Waals surface area contributed by atoms with Crippen LogP contribution in [0.5, 0.6) is 0 Å². The molecule has 0 unspecified atom stereocenters. The molecule has 6 nitrogen and oxygen atoms in total. The van der Waals surface area contributed by atoms with E-state index in [-0.39, 0.29) is 11.4 Å². The molecule has 3 rings (SSSR count). The second-order valence-corrected chi connectivity index (χ2v) is 4.80. The maximum Gasteiger partial charge on any atom is 0.416 e. The van der Waals surface area contributed by atoms with E-state index in [0.717, 1.165) is 18.3 Å². The number of carbonyl (C=O) groups excluding carboxylic acids is 1. The molecule has 0 saturated carbocycles. The van der Waals surface area contributed by atoms with E-state index in [9.17, 15) is 18.0 Å². The van der Waals surface area contributed by atoms with Crippen LogP contribution in [0.2, 0.25) is 0 Å². The lowest BCUT2D eigenvalue weighted by molar-refractivity contribution is -0.137. The fraction of sp³-hybridized carbons (Fsp3) is 0.0667. The fourth-order valence-corrected chi connectivity index (χ4v) is 2.02. The third-order valence-electron chi connectivity index (χ3n) is 3.14. The molecule has 1 aromatic carbocycles. The summed E-state index contributed by atoms with van der Waals surface area (Å²) in [6.45, 7) is 0. The number of rotatable bonds is 3. The van der Waals surface area contributed by atoms with Crippen molar-refractivity contribution in [3.63, 3.8) is 0 Å². The molecule has 3 aromatic rings. The van der Waals surface area contributed by atoms with Gasteiger partial charge in [-0.2, -0.15) is 18.3 Å². The first kappa shape index (κ1) is 15.7. The first-order valence-electron chi connectivity index (χ1n) is 6.74. The van der Waals surface area contributed by atoms with E-state index in [1.165, 1.54) is 12.4 Å². The number of nitrogens with zero attached hydrogens (tertiary/aromatic N) is 3. The zero-order valence-corrected chi connectivity index (χ0v) is 12.0. The minimum absolute atomic E-state index is 0.181. The van der Waals surface area contributed by atoms with E-state index in [1.807, 2.05) is 0 Å². The monoisotopic (exact) mass is 333 g/mol. The number of anilines is 1. The molecule has 2 N–H and O–H groups in total. The SMILES string of the molecule is O=C(Nc1cc(C(F)(F)F)ccn1)c1cccc(-c2ncn[nH]2)c1. The van der Waals surface area contributed by atoms with Crippen LogP contribution in [0, 0.1) is 0 Å². The highest BCUT2D eigenvalue weighted by Gasteiger charge is 2.30. The molecule has 24 heavy (non-hydrogen) atoms. The van der Waals surface area contributed by atoms with E-state index in [1.54, 1.807) is 18.2 Å². The number of H-pyrrole nitrogens is 1. The highest BCUT2D eigenvalue weighted by Crippen LogP contribution is 2.30. The van der Waals surface area contributed by atoms with Crippen LogP contribution < -0.4 is 5.32 Å². The van der Waals surface area contributed by atoms with Crippen LogP contribution in [-0.2, 0) is 6.18 Å². The number of hydrogen-bond acceptors (Lipinski definition) is 4. The van der Waals surface area contributed by atoms with E-state index >= 15 is 0 Å². The van der Waals surface area contributed by atoms with Crippen LogP contribution in [0.25, 0.3) is 11.4 Å². The summed E-state index contributed by atoms with van der Waals surface area (Å²) in [5.74, 6) is -0.287. The Kier molecular flexibility index (Phi) is 3.98. The van der Waals surface area contributed by atoms with Crippen LogP contribution in [-0.4, -0.2) is 26.1 Å². The van der Waals surface area contributed by atoms with Crippen molar-refractivity contribution in [1.82, 2.24) is 20.2 Å². The third-order valence-corrected chi connectivity index (χ3v) is 3.14. The van der Waals surface area contributed by atoms with Crippen LogP contribution in [0.15, 0.2) is 48.9 Å². The third kappa shape index (κ3) is 3.40. The number of carbonyl (C=O) groups is 1. The van der Waals surface area contributed by atoms with Gasteiger partial charge in [0.05, 0.1) is 5.56 Å². The maximum atomic E-state index is 12.7. The van der Waals surface area contributed by atoms with Crippen molar-refractivity contribution in [2.24, 2.45) is 0 Å². The minimum atomic E-state index is -4.51. The van der Waals surface area contributed by atoms with Crippen molar-refractivity contribution in [2.45, 2.75) is 6.18 Å². The van der Waals surface area contributed by atoms with Crippen molar-refractivity contribution in [2.75, 3.05) is 5.32 Å². The average molecular weight is 333 g/mol. The number of aromatic nitrogens is 4. The number of hydrogen-bond donors (Lipinski definition) is 2. The molecule has 0 spiro atoms. The molecule has 0 saturated heterocycles. The summed E-state index contributed by atoms with van der Waals surface area (Å²) in [4.78, 5) is 19.9. The summed E-state index contributed by atoms with van der Waals surface area (Å²) >= 11 is 0. The van der Waals surface area contributed by atoms with Gasteiger partial charge in [0, 0.05) is 17.3 Å². The van der Waals surface area contributed by atoms with E-state index < -0.39 is 17.6 Å². The predicted octanol–water partition coefficient (Wildman–Crippen LogP) is 3.14. The molecule has 0 atom stereocenters. The summed E-state index contributed by atoms with van der Waals surface area (Å²) in [6.07, 6.45) is -2.19. The van der Waals surface area contributed by atoms with E-state index in [0.29, 0.717) is 11.4 Å². The first-order chi connectivity index (χ1) is 11.4. The number of nitrogens with one attached hydrogen (secondary N) is 2. The Hall–Kier alpha value is -3.23. The van der Waals surface area contributed by atoms with Gasteiger partial charge < -0.3 is 5.32 Å². The molecule has 0 radical (unpaired) electrons. The van der Waals surface area contributed by atoms with Gasteiger partial charge in [-0.1, -0.05) is 12.1 Å². The molecule has 1 amide bonds. The van der Waals surface area contributed by atoms with Gasteiger partial charge in [-0.3, -0.25) is 9.89 Å². The standard InChI is InChI=1S/C15H10F3N5O/c16-15(17,18)11-4-5-19-12(7-11)22-14(24)10-3-1-2-9(6-10)13-20-8-21-23-13/h1-8H,(H,19,22,24)(H,20,21,23). The molecule has 0 aliphatic rings. The molecule has 0 aliphatic carbocycles. The van der Waals surface area contributed by atoms with Gasteiger partial charge in [0.2, 0.25) is 0 Å². The average Bonchev–Trinajstić information content (AvgIpc) is 3.09. The van der Waals surface area contributed by atoms with Crippen LogP contribution >= 0.6 is 0 Å². The van der Waals surface area contributed by atoms with Crippen molar-refractivity contribution in [3.05, 3.63) is 60.0 Å². The molecule has 2 heterocycles. The van der Waals surface area contributed by atoms with Crippen LogP contribution in [0.1, 0.15) is 15.9 Å². The Balaban J connectivity index is 1.82. The lowest BCUT2D eigenvalue weighted by Gasteiger charge is -2.09. The Bertz CT molecular complexity index is 862. The number of amides is 1. The first-order valence-corrected chi connectivity index (χ1v) is 6.74. The second-order valence-electron chi connectivity index (χ2n) is 4.80. The number of pyridine rings is 1. The maximum absolute atomic E-state index is 12.7. The molecular weight excluding hydrogens is 323 g/mol. The van der Waals surface area contributed by atoms with Crippen molar-refractivity contribution >= 4 is 11.7 Å². The smallest absolute Gasteiger partial charge is 0.307 e. The molecular formula is C15H10F3N5O. The van der Waals surface area contributed by atoms with Gasteiger partial charge in [0.1, 0.15) is 12.1 Å². The molecule has 0 aliphatic heterocycles. The molecule has 0 bridgehead atoms. The van der Waals surface area contributed by atoms with Gasteiger partial charge in [-0.05, 0) is 24.3 Å². The lowest BCUT2D eigenvalue weighted by atomic mass is 10.1. The fourth-order valence-electron chi connectivity index (χ4n) is 2.02. The summed E-state index contributed by atoms with van der Waals surface area (Å²) in [7, 11) is 0. The molecule has 2 aromatic heterocycles. The predicted molar refractivity (Wildman–Crippen MR) is 79.0 cm³/mol. The summed E-state index contributed by atoms with van der Waals surface area (Å²) < 4.78 is 38.0. The summed E-state index contributed by atoms with van der Waals surface area (Å²) in [5, 5.41) is 8.73. The normalized spacial score (nSPS) is 11.3. The van der Waals surface area contributed by atoms with Crippen molar-refractivity contribution in [3.8, 4) is 11.4 Å². The number of alkyl halides is 3. The van der Waals surface area contributed by atoms with Crippen molar-refractivity contribution < 1.29 is 18.0 Å². The molecule has 0 fully saturated rings. The summed E-state index contributed by atoms with van der Waals surface area (Å²) in [5.41, 5.74) is -0.0107. The van der Waals surface area contributed by atoms with Gasteiger partial charge >= 0.3 is 6.18 Å². The Morgan fingerprint density at radius 3 is 2.67 bits per heavy atom.